The first-order chi connectivity index (χ1) is 11.9. The molecule has 25 heavy (non-hydrogen) atoms. The van der Waals surface area contributed by atoms with Crippen molar-refractivity contribution in [3.05, 3.63) is 46.5 Å². The molecule has 5 rings (SSSR count). The number of hydrogen-bond donors (Lipinski definition) is 2. The number of aliphatic hydroxyl groups excluding tert-OH is 1. The Morgan fingerprint density at radius 3 is 2.68 bits per heavy atom. The van der Waals surface area contributed by atoms with Gasteiger partial charge in [0.15, 0.2) is 0 Å². The number of nitrogens with one attached hydrogen (secondary N) is 1. The van der Waals surface area contributed by atoms with Crippen LogP contribution in [0.5, 0.6) is 0 Å². The van der Waals surface area contributed by atoms with Gasteiger partial charge in [-0.1, -0.05) is 0 Å². The minimum absolute atomic E-state index is 0.0409. The molecule has 134 valence electrons. The molecule has 3 aliphatic heterocycles. The number of aliphatic hydroxyl groups is 1. The number of allylic oxidation sites excluding steroid dienone is 4. The highest BCUT2D eigenvalue weighted by atomic mass is 16.3. The van der Waals surface area contributed by atoms with Crippen molar-refractivity contribution in [2.24, 2.45) is 5.92 Å². The number of nitrogens with zero attached hydrogens (tertiary/aromatic N) is 3. The van der Waals surface area contributed by atoms with Crippen LogP contribution in [0, 0.1) is 5.92 Å². The molecule has 0 bridgehead atoms. The van der Waals surface area contributed by atoms with Crippen molar-refractivity contribution in [2.75, 3.05) is 26.2 Å². The minimum atomic E-state index is -0.393. The smallest absolute Gasteiger partial charge is 0.105 e. The monoisotopic (exact) mass is 340 g/mol. The van der Waals surface area contributed by atoms with E-state index in [9.17, 15) is 5.11 Å². The Morgan fingerprint density at radius 2 is 2.00 bits per heavy atom. The summed E-state index contributed by atoms with van der Waals surface area (Å²) in [5.74, 6) is 0.737. The Kier molecular flexibility index (Phi) is 3.20. The molecule has 5 nitrogen and oxygen atoms in total. The number of hydrogen-bond acceptors (Lipinski definition) is 5. The third kappa shape index (κ3) is 2.61. The summed E-state index contributed by atoms with van der Waals surface area (Å²) in [6.45, 7) is 10.2. The van der Waals surface area contributed by atoms with Gasteiger partial charge >= 0.3 is 0 Å². The molecule has 3 fully saturated rings. The predicted octanol–water partition coefficient (Wildman–Crippen LogP) is 1.93. The van der Waals surface area contributed by atoms with Crippen molar-refractivity contribution in [1.29, 1.82) is 0 Å². The van der Waals surface area contributed by atoms with Crippen molar-refractivity contribution in [2.45, 2.75) is 45.4 Å². The molecule has 5 aliphatic rings. The molecule has 0 aromatic carbocycles. The summed E-state index contributed by atoms with van der Waals surface area (Å²) in [7, 11) is 0. The van der Waals surface area contributed by atoms with E-state index in [0.29, 0.717) is 0 Å². The topological polar surface area (TPSA) is 41.8 Å². The summed E-state index contributed by atoms with van der Waals surface area (Å²) < 4.78 is 0. The van der Waals surface area contributed by atoms with Gasteiger partial charge < -0.3 is 10.0 Å². The molecule has 2 N–H and O–H groups in total. The van der Waals surface area contributed by atoms with Crippen molar-refractivity contribution >= 4 is 0 Å². The average Bonchev–Trinajstić information content (AvgIpc) is 3.42. The van der Waals surface area contributed by atoms with E-state index in [4.69, 9.17) is 0 Å². The van der Waals surface area contributed by atoms with Gasteiger partial charge in [-0.05, 0) is 63.3 Å². The van der Waals surface area contributed by atoms with E-state index in [1.54, 1.807) is 0 Å². The first kappa shape index (κ1) is 15.5. The number of hydrazine groups is 1. The molecule has 2 aliphatic carbocycles. The Balaban J connectivity index is 1.47. The van der Waals surface area contributed by atoms with Crippen LogP contribution in [-0.2, 0) is 0 Å². The second kappa shape index (κ2) is 5.15. The molecule has 0 amide bonds. The maximum Gasteiger partial charge on any atom is 0.105 e. The fraction of sp³-hybridized carbons (Fsp3) is 0.600. The third-order valence-electron chi connectivity index (χ3n) is 6.14. The van der Waals surface area contributed by atoms with Crippen LogP contribution < -0.4 is 5.43 Å². The van der Waals surface area contributed by atoms with Gasteiger partial charge in [-0.15, -0.1) is 0 Å². The van der Waals surface area contributed by atoms with Gasteiger partial charge in [-0.2, -0.15) is 0 Å². The molecule has 1 atom stereocenters. The molecule has 0 aromatic rings. The zero-order valence-corrected chi connectivity index (χ0v) is 15.4. The summed E-state index contributed by atoms with van der Waals surface area (Å²) in [6.07, 6.45) is 9.41. The minimum Gasteiger partial charge on any atom is -0.379 e. The van der Waals surface area contributed by atoms with Gasteiger partial charge in [0.05, 0.1) is 17.9 Å². The average molecular weight is 340 g/mol. The molecule has 0 aromatic heterocycles. The number of piperazine rings is 1. The SMILES string of the molecule is CC(O)N1CCN(C2=CC3=C4CN4NC3=CC(C3CC3)=C2)CC1(C)C. The van der Waals surface area contributed by atoms with Crippen molar-refractivity contribution in [3.8, 4) is 0 Å². The highest BCUT2D eigenvalue weighted by Crippen LogP contribution is 2.44. The second-order valence-corrected chi connectivity index (χ2v) is 8.66. The van der Waals surface area contributed by atoms with Crippen LogP contribution in [0.15, 0.2) is 46.5 Å². The second-order valence-electron chi connectivity index (χ2n) is 8.66. The maximum absolute atomic E-state index is 10.1. The quantitative estimate of drug-likeness (QED) is 0.769. The van der Waals surface area contributed by atoms with Gasteiger partial charge in [0.25, 0.3) is 0 Å². The highest BCUT2D eigenvalue weighted by Gasteiger charge is 2.40. The lowest BCUT2D eigenvalue weighted by molar-refractivity contribution is -0.0779. The molecular weight excluding hydrogens is 312 g/mol. The zero-order chi connectivity index (χ0) is 17.3. The van der Waals surface area contributed by atoms with Crippen LogP contribution in [0.1, 0.15) is 33.6 Å². The van der Waals surface area contributed by atoms with Crippen LogP contribution in [0.4, 0.5) is 0 Å². The number of rotatable bonds is 3. The fourth-order valence-corrected chi connectivity index (χ4v) is 4.57. The predicted molar refractivity (Wildman–Crippen MR) is 97.9 cm³/mol. The van der Waals surface area contributed by atoms with E-state index >= 15 is 0 Å². The largest absolute Gasteiger partial charge is 0.379 e. The first-order valence-electron chi connectivity index (χ1n) is 9.55. The van der Waals surface area contributed by atoms with Gasteiger partial charge in [0, 0.05) is 36.4 Å². The lowest BCUT2D eigenvalue weighted by Gasteiger charge is -2.49. The van der Waals surface area contributed by atoms with Crippen LogP contribution in [0.25, 0.3) is 0 Å². The van der Waals surface area contributed by atoms with E-state index in [0.717, 1.165) is 32.1 Å². The lowest BCUT2D eigenvalue weighted by Crippen LogP contribution is -2.61. The summed E-state index contributed by atoms with van der Waals surface area (Å²) in [6, 6.07) is 0. The van der Waals surface area contributed by atoms with Gasteiger partial charge in [-0.3, -0.25) is 15.3 Å². The summed E-state index contributed by atoms with van der Waals surface area (Å²) in [4.78, 5) is 4.72. The van der Waals surface area contributed by atoms with Gasteiger partial charge in [0.1, 0.15) is 6.23 Å². The summed E-state index contributed by atoms with van der Waals surface area (Å²) in [5.41, 5.74) is 10.4. The number of fused-ring (bicyclic) bond motifs is 2. The van der Waals surface area contributed by atoms with Crippen molar-refractivity contribution in [3.63, 3.8) is 0 Å². The van der Waals surface area contributed by atoms with Gasteiger partial charge in [-0.25, -0.2) is 0 Å². The van der Waals surface area contributed by atoms with Crippen LogP contribution in [-0.4, -0.2) is 57.9 Å². The summed E-state index contributed by atoms with van der Waals surface area (Å²) >= 11 is 0. The molecular formula is C20H28N4O. The Labute approximate surface area is 149 Å². The Hall–Kier alpha value is -1.72. The zero-order valence-electron chi connectivity index (χ0n) is 15.4. The molecule has 3 heterocycles. The fourth-order valence-electron chi connectivity index (χ4n) is 4.57. The van der Waals surface area contributed by atoms with E-state index < -0.39 is 6.23 Å². The normalized spacial score (nSPS) is 29.2. The van der Waals surface area contributed by atoms with Crippen molar-refractivity contribution < 1.29 is 5.11 Å². The molecule has 1 saturated carbocycles. The highest BCUT2D eigenvalue weighted by molar-refractivity contribution is 5.58. The van der Waals surface area contributed by atoms with E-state index in [2.05, 4.69) is 52.3 Å². The molecule has 2 saturated heterocycles. The van der Waals surface area contributed by atoms with Crippen molar-refractivity contribution in [1.82, 2.24) is 20.2 Å². The third-order valence-corrected chi connectivity index (χ3v) is 6.14. The Morgan fingerprint density at radius 1 is 1.20 bits per heavy atom. The van der Waals surface area contributed by atoms with Crippen LogP contribution >= 0.6 is 0 Å². The Bertz CT molecular complexity index is 739. The molecule has 0 spiro atoms. The molecule has 1 unspecified atom stereocenters. The van der Waals surface area contributed by atoms with Gasteiger partial charge in [0.2, 0.25) is 0 Å². The summed E-state index contributed by atoms with van der Waals surface area (Å²) in [5, 5.41) is 12.3. The standard InChI is InChI=1S/C20H28N4O/c1-13(25)23-7-6-22(12-20(23,2)3)16-8-15(14-4-5-14)9-18-17(10-16)19-11-24(19)21-18/h8-10,13-14,21,25H,4-7,11-12H2,1-3H3. The van der Waals surface area contributed by atoms with E-state index in [1.165, 1.54) is 41.1 Å². The molecule has 0 radical (unpaired) electrons. The van der Waals surface area contributed by atoms with Crippen LogP contribution in [0.3, 0.4) is 0 Å². The lowest BCUT2D eigenvalue weighted by atomic mass is 9.97. The van der Waals surface area contributed by atoms with Crippen LogP contribution in [0.2, 0.25) is 0 Å². The maximum atomic E-state index is 10.1. The van der Waals surface area contributed by atoms with E-state index in [-0.39, 0.29) is 5.54 Å². The van der Waals surface area contributed by atoms with E-state index in [1.807, 2.05) is 6.92 Å². The first-order valence-corrected chi connectivity index (χ1v) is 9.55. The molecule has 5 heteroatoms.